The summed E-state index contributed by atoms with van der Waals surface area (Å²) >= 11 is 0. The Labute approximate surface area is 126 Å². The van der Waals surface area contributed by atoms with Crippen LogP contribution in [-0.4, -0.2) is 26.6 Å². The number of rotatable bonds is 5. The van der Waals surface area contributed by atoms with Gasteiger partial charge in [0.1, 0.15) is 0 Å². The third kappa shape index (κ3) is 4.30. The molecule has 1 aliphatic heterocycles. The Kier molecular flexibility index (Phi) is 5.04. The van der Waals surface area contributed by atoms with Crippen molar-refractivity contribution in [3.8, 4) is 0 Å². The summed E-state index contributed by atoms with van der Waals surface area (Å²) in [6.45, 7) is 4.93. The van der Waals surface area contributed by atoms with Crippen molar-refractivity contribution in [1.82, 2.24) is 5.32 Å². The van der Waals surface area contributed by atoms with E-state index >= 15 is 0 Å². The van der Waals surface area contributed by atoms with Gasteiger partial charge in [0, 0.05) is 6.54 Å². The third-order valence-corrected chi connectivity index (χ3v) is 5.62. The second kappa shape index (κ2) is 6.60. The monoisotopic (exact) mass is 309 g/mol. The van der Waals surface area contributed by atoms with Crippen molar-refractivity contribution < 1.29 is 13.2 Å². The maximum atomic E-state index is 11.9. The zero-order valence-corrected chi connectivity index (χ0v) is 13.5. The molecule has 1 aromatic rings. The van der Waals surface area contributed by atoms with Crippen LogP contribution in [0, 0.1) is 5.92 Å². The van der Waals surface area contributed by atoms with Crippen LogP contribution in [0.5, 0.6) is 0 Å². The highest BCUT2D eigenvalue weighted by Gasteiger charge is 2.23. The van der Waals surface area contributed by atoms with Crippen LogP contribution in [0.15, 0.2) is 23.1 Å². The SMILES string of the molecule is CC(C)CCNC(=O)Cc1ccc2c(c1)CCCS2(=O)=O. The fraction of sp³-hybridized carbons (Fsp3) is 0.562. The summed E-state index contributed by atoms with van der Waals surface area (Å²) in [5.41, 5.74) is 1.74. The topological polar surface area (TPSA) is 63.2 Å². The minimum Gasteiger partial charge on any atom is -0.356 e. The average Bonchev–Trinajstić information content (AvgIpc) is 2.37. The maximum absolute atomic E-state index is 11.9. The van der Waals surface area contributed by atoms with E-state index in [0.717, 1.165) is 24.0 Å². The lowest BCUT2D eigenvalue weighted by molar-refractivity contribution is -0.120. The van der Waals surface area contributed by atoms with Gasteiger partial charge in [-0.25, -0.2) is 8.42 Å². The van der Waals surface area contributed by atoms with E-state index in [1.165, 1.54) is 0 Å². The molecular formula is C16H23NO3S. The molecule has 1 heterocycles. The zero-order chi connectivity index (χ0) is 15.5. The number of carbonyl (C=O) groups excluding carboxylic acids is 1. The van der Waals surface area contributed by atoms with Crippen LogP contribution in [0.2, 0.25) is 0 Å². The zero-order valence-electron chi connectivity index (χ0n) is 12.7. The molecule has 0 bridgehead atoms. The van der Waals surface area contributed by atoms with Crippen LogP contribution in [0.25, 0.3) is 0 Å². The minimum atomic E-state index is -3.11. The largest absolute Gasteiger partial charge is 0.356 e. The second-order valence-corrected chi connectivity index (χ2v) is 8.15. The Morgan fingerprint density at radius 2 is 2.10 bits per heavy atom. The number of sulfone groups is 1. The van der Waals surface area contributed by atoms with Crippen LogP contribution in [0.4, 0.5) is 0 Å². The van der Waals surface area contributed by atoms with E-state index in [9.17, 15) is 13.2 Å². The van der Waals surface area contributed by atoms with Gasteiger partial charge in [0.2, 0.25) is 5.91 Å². The summed E-state index contributed by atoms with van der Waals surface area (Å²) in [4.78, 5) is 12.3. The number of amides is 1. The predicted molar refractivity (Wildman–Crippen MR) is 83.0 cm³/mol. The van der Waals surface area contributed by atoms with Crippen LogP contribution >= 0.6 is 0 Å². The lowest BCUT2D eigenvalue weighted by Crippen LogP contribution is -2.27. The number of hydrogen-bond donors (Lipinski definition) is 1. The smallest absolute Gasteiger partial charge is 0.224 e. The molecule has 1 aliphatic rings. The van der Waals surface area contributed by atoms with Gasteiger partial charge in [-0.15, -0.1) is 0 Å². The van der Waals surface area contributed by atoms with E-state index < -0.39 is 9.84 Å². The van der Waals surface area contributed by atoms with Crippen LogP contribution in [0.1, 0.15) is 37.8 Å². The van der Waals surface area contributed by atoms with Crippen molar-refractivity contribution >= 4 is 15.7 Å². The number of benzene rings is 1. The highest BCUT2D eigenvalue weighted by atomic mass is 32.2. The molecule has 0 fully saturated rings. The van der Waals surface area contributed by atoms with Gasteiger partial charge >= 0.3 is 0 Å². The molecule has 1 aromatic carbocycles. The molecule has 0 aromatic heterocycles. The van der Waals surface area contributed by atoms with Crippen LogP contribution < -0.4 is 5.32 Å². The summed E-state index contributed by atoms with van der Waals surface area (Å²) in [5.74, 6) is 0.795. The molecule has 0 radical (unpaired) electrons. The van der Waals surface area contributed by atoms with Crippen molar-refractivity contribution in [3.63, 3.8) is 0 Å². The van der Waals surface area contributed by atoms with E-state index in [1.54, 1.807) is 12.1 Å². The maximum Gasteiger partial charge on any atom is 0.224 e. The second-order valence-electron chi connectivity index (χ2n) is 6.07. The Bertz CT molecular complexity index is 620. The summed E-state index contributed by atoms with van der Waals surface area (Å²) < 4.78 is 23.9. The Morgan fingerprint density at radius 1 is 1.33 bits per heavy atom. The highest BCUT2D eigenvalue weighted by Crippen LogP contribution is 2.25. The van der Waals surface area contributed by atoms with Crippen LogP contribution in [0.3, 0.4) is 0 Å². The molecule has 0 aliphatic carbocycles. The van der Waals surface area contributed by atoms with E-state index in [0.29, 0.717) is 30.2 Å². The molecule has 2 rings (SSSR count). The molecule has 0 saturated heterocycles. The predicted octanol–water partition coefficient (Wildman–Crippen LogP) is 2.11. The van der Waals surface area contributed by atoms with Gasteiger partial charge < -0.3 is 5.32 Å². The van der Waals surface area contributed by atoms with Gasteiger partial charge in [0.05, 0.1) is 17.1 Å². The Balaban J connectivity index is 2.01. The number of carbonyl (C=O) groups is 1. The standard InChI is InChI=1S/C16H23NO3S/c1-12(2)7-8-17-16(18)11-13-5-6-15-14(10-13)4-3-9-21(15,19)20/h5-6,10,12H,3-4,7-9,11H2,1-2H3,(H,17,18). The molecule has 0 spiro atoms. The quantitative estimate of drug-likeness (QED) is 0.906. The third-order valence-electron chi connectivity index (χ3n) is 3.73. The van der Waals surface area contributed by atoms with Gasteiger partial charge in [-0.3, -0.25) is 4.79 Å². The summed E-state index contributed by atoms with van der Waals surface area (Å²) in [6, 6.07) is 5.28. The summed E-state index contributed by atoms with van der Waals surface area (Å²) in [5, 5.41) is 2.90. The first-order valence-electron chi connectivity index (χ1n) is 7.50. The molecular weight excluding hydrogens is 286 g/mol. The van der Waals surface area contributed by atoms with E-state index in [4.69, 9.17) is 0 Å². The van der Waals surface area contributed by atoms with Gasteiger partial charge in [-0.1, -0.05) is 26.0 Å². The van der Waals surface area contributed by atoms with Crippen molar-refractivity contribution in [2.75, 3.05) is 12.3 Å². The molecule has 1 amide bonds. The van der Waals surface area contributed by atoms with E-state index in [1.807, 2.05) is 6.07 Å². The van der Waals surface area contributed by atoms with Gasteiger partial charge in [0.25, 0.3) is 0 Å². The first-order valence-corrected chi connectivity index (χ1v) is 9.15. The first kappa shape index (κ1) is 16.0. The molecule has 116 valence electrons. The fourth-order valence-electron chi connectivity index (χ4n) is 2.55. The number of aryl methyl sites for hydroxylation is 1. The van der Waals surface area contributed by atoms with E-state index in [2.05, 4.69) is 19.2 Å². The Morgan fingerprint density at radius 3 is 2.81 bits per heavy atom. The molecule has 1 N–H and O–H groups in total. The van der Waals surface area contributed by atoms with E-state index in [-0.39, 0.29) is 11.7 Å². The number of nitrogens with one attached hydrogen (secondary N) is 1. The molecule has 4 nitrogen and oxygen atoms in total. The lowest BCUT2D eigenvalue weighted by atomic mass is 10.0. The van der Waals surface area contributed by atoms with Gasteiger partial charge in [-0.2, -0.15) is 0 Å². The lowest BCUT2D eigenvalue weighted by Gasteiger charge is -2.17. The summed E-state index contributed by atoms with van der Waals surface area (Å²) in [7, 11) is -3.11. The van der Waals surface area contributed by atoms with Crippen LogP contribution in [-0.2, 0) is 27.5 Å². The van der Waals surface area contributed by atoms with Crippen molar-refractivity contribution in [2.24, 2.45) is 5.92 Å². The van der Waals surface area contributed by atoms with Gasteiger partial charge in [0.15, 0.2) is 9.84 Å². The highest BCUT2D eigenvalue weighted by molar-refractivity contribution is 7.91. The van der Waals surface area contributed by atoms with Crippen molar-refractivity contribution in [2.45, 2.75) is 44.4 Å². The average molecular weight is 309 g/mol. The first-order chi connectivity index (χ1) is 9.88. The molecule has 0 saturated carbocycles. The molecule has 0 atom stereocenters. The Hall–Kier alpha value is -1.36. The van der Waals surface area contributed by atoms with Crippen molar-refractivity contribution in [3.05, 3.63) is 29.3 Å². The molecule has 0 unspecified atom stereocenters. The minimum absolute atomic E-state index is 0.00531. The molecule has 21 heavy (non-hydrogen) atoms. The number of fused-ring (bicyclic) bond motifs is 1. The fourth-order valence-corrected chi connectivity index (χ4v) is 4.13. The molecule has 5 heteroatoms. The normalized spacial score (nSPS) is 16.5. The van der Waals surface area contributed by atoms with Gasteiger partial charge in [-0.05, 0) is 42.4 Å². The van der Waals surface area contributed by atoms with Crippen molar-refractivity contribution in [1.29, 1.82) is 0 Å². The summed E-state index contributed by atoms with van der Waals surface area (Å²) in [6.07, 6.45) is 2.72. The number of hydrogen-bond acceptors (Lipinski definition) is 3.